The fourth-order valence-electron chi connectivity index (χ4n) is 2.81. The van der Waals surface area contributed by atoms with E-state index in [0.29, 0.717) is 22.8 Å². The molecule has 128 valence electrons. The van der Waals surface area contributed by atoms with Crippen LogP contribution in [0.1, 0.15) is 10.5 Å². The van der Waals surface area contributed by atoms with Crippen LogP contribution in [0.2, 0.25) is 0 Å². The number of benzene rings is 2. The van der Waals surface area contributed by atoms with Gasteiger partial charge in [-0.05, 0) is 18.2 Å². The van der Waals surface area contributed by atoms with Gasteiger partial charge in [0.05, 0.1) is 18.5 Å². The monoisotopic (exact) mass is 345 g/mol. The van der Waals surface area contributed by atoms with E-state index in [4.69, 9.17) is 4.74 Å². The van der Waals surface area contributed by atoms with Gasteiger partial charge in [-0.1, -0.05) is 42.5 Å². The van der Waals surface area contributed by atoms with Crippen molar-refractivity contribution in [3.63, 3.8) is 0 Å². The lowest BCUT2D eigenvalue weighted by molar-refractivity contribution is 0.0687. The number of methoxy groups -OCH3 is 1. The van der Waals surface area contributed by atoms with Gasteiger partial charge in [0, 0.05) is 17.2 Å². The van der Waals surface area contributed by atoms with Crippen LogP contribution in [0, 0.1) is 0 Å². The van der Waals surface area contributed by atoms with Crippen molar-refractivity contribution in [1.29, 1.82) is 0 Å². The molecule has 2 heterocycles. The van der Waals surface area contributed by atoms with E-state index in [1.807, 2.05) is 54.6 Å². The molecular weight excluding hydrogens is 330 g/mol. The number of hydrogen-bond donors (Lipinski definition) is 1. The largest absolute Gasteiger partial charge is 0.497 e. The lowest BCUT2D eigenvalue weighted by Crippen LogP contribution is -2.08. The van der Waals surface area contributed by atoms with Crippen molar-refractivity contribution in [2.45, 2.75) is 0 Å². The van der Waals surface area contributed by atoms with Crippen molar-refractivity contribution in [2.75, 3.05) is 7.11 Å². The summed E-state index contributed by atoms with van der Waals surface area (Å²) < 4.78 is 6.60. The number of ether oxygens (including phenoxy) is 1. The minimum absolute atomic E-state index is 0.0509. The van der Waals surface area contributed by atoms with Crippen LogP contribution in [0.25, 0.3) is 28.2 Å². The van der Waals surface area contributed by atoms with E-state index in [-0.39, 0.29) is 5.69 Å². The van der Waals surface area contributed by atoms with Gasteiger partial charge >= 0.3 is 5.97 Å². The number of fused-ring (bicyclic) bond motifs is 1. The van der Waals surface area contributed by atoms with Gasteiger partial charge in [-0.15, -0.1) is 0 Å². The number of hydrogen-bond acceptors (Lipinski definition) is 4. The van der Waals surface area contributed by atoms with Gasteiger partial charge in [0.25, 0.3) is 0 Å². The summed E-state index contributed by atoms with van der Waals surface area (Å²) in [5.74, 6) is -0.385. The van der Waals surface area contributed by atoms with E-state index in [0.717, 1.165) is 11.1 Å². The smallest absolute Gasteiger partial charge is 0.354 e. The second-order valence-corrected chi connectivity index (χ2v) is 5.73. The van der Waals surface area contributed by atoms with Crippen LogP contribution in [-0.2, 0) is 0 Å². The van der Waals surface area contributed by atoms with Crippen molar-refractivity contribution in [2.24, 2.45) is 0 Å². The molecule has 0 aliphatic rings. The maximum Gasteiger partial charge on any atom is 0.354 e. The first-order chi connectivity index (χ1) is 12.7. The Hall–Kier alpha value is -3.67. The van der Waals surface area contributed by atoms with E-state index in [1.54, 1.807) is 13.2 Å². The normalized spacial score (nSPS) is 10.8. The molecule has 0 atom stereocenters. The maximum atomic E-state index is 11.8. The maximum absolute atomic E-state index is 11.8. The van der Waals surface area contributed by atoms with Gasteiger partial charge in [-0.3, -0.25) is 0 Å². The summed E-state index contributed by atoms with van der Waals surface area (Å²) in [4.78, 5) is 16.3. The minimum atomic E-state index is -1.07. The van der Waals surface area contributed by atoms with E-state index in [2.05, 4.69) is 10.1 Å². The molecule has 0 saturated carbocycles. The molecule has 4 rings (SSSR count). The van der Waals surface area contributed by atoms with Crippen LogP contribution in [0.15, 0.2) is 66.7 Å². The zero-order valence-corrected chi connectivity index (χ0v) is 14.0. The lowest BCUT2D eigenvalue weighted by Gasteiger charge is -2.06. The van der Waals surface area contributed by atoms with E-state index in [9.17, 15) is 9.90 Å². The summed E-state index contributed by atoms with van der Waals surface area (Å²) in [6.07, 6.45) is 0. The van der Waals surface area contributed by atoms with Crippen LogP contribution in [-0.4, -0.2) is 32.8 Å². The van der Waals surface area contributed by atoms with Crippen LogP contribution < -0.4 is 4.74 Å². The summed E-state index contributed by atoms with van der Waals surface area (Å²) >= 11 is 0. The summed E-state index contributed by atoms with van der Waals surface area (Å²) in [6.45, 7) is 0. The predicted octanol–water partition coefficient (Wildman–Crippen LogP) is 3.77. The zero-order valence-electron chi connectivity index (χ0n) is 14.0. The van der Waals surface area contributed by atoms with Gasteiger partial charge in [0.1, 0.15) is 5.75 Å². The topological polar surface area (TPSA) is 76.7 Å². The third-order valence-electron chi connectivity index (χ3n) is 4.08. The molecule has 2 aromatic carbocycles. The second kappa shape index (κ2) is 6.33. The van der Waals surface area contributed by atoms with Crippen molar-refractivity contribution in [3.05, 3.63) is 72.4 Å². The van der Waals surface area contributed by atoms with E-state index in [1.165, 1.54) is 10.6 Å². The molecule has 0 saturated heterocycles. The Bertz CT molecular complexity index is 1100. The first kappa shape index (κ1) is 15.8. The lowest BCUT2D eigenvalue weighted by atomic mass is 10.1. The van der Waals surface area contributed by atoms with Crippen molar-refractivity contribution in [1.82, 2.24) is 14.6 Å². The highest BCUT2D eigenvalue weighted by Crippen LogP contribution is 2.26. The number of rotatable bonds is 4. The third-order valence-corrected chi connectivity index (χ3v) is 4.08. The molecule has 0 unspecified atom stereocenters. The van der Waals surface area contributed by atoms with Gasteiger partial charge in [-0.25, -0.2) is 14.3 Å². The SMILES string of the molecule is COc1cccc(-c2cc(C(=O)O)n3nc(-c4ccccc4)cc3n2)c1. The molecule has 1 N–H and O–H groups in total. The number of carboxylic acid groups (broad SMARTS) is 1. The highest BCUT2D eigenvalue weighted by atomic mass is 16.5. The van der Waals surface area contributed by atoms with Crippen molar-refractivity contribution in [3.8, 4) is 28.3 Å². The molecule has 4 aromatic rings. The molecule has 6 nitrogen and oxygen atoms in total. The Balaban J connectivity index is 1.92. The minimum Gasteiger partial charge on any atom is -0.497 e. The third kappa shape index (κ3) is 2.77. The summed E-state index contributed by atoms with van der Waals surface area (Å²) in [5, 5.41) is 14.0. The van der Waals surface area contributed by atoms with Gasteiger partial charge in [0.2, 0.25) is 0 Å². The van der Waals surface area contributed by atoms with Crippen LogP contribution in [0.4, 0.5) is 0 Å². The molecule has 0 bridgehead atoms. The molecule has 0 spiro atoms. The van der Waals surface area contributed by atoms with E-state index >= 15 is 0 Å². The quantitative estimate of drug-likeness (QED) is 0.609. The number of nitrogens with zero attached hydrogens (tertiary/aromatic N) is 3. The molecule has 6 heteroatoms. The van der Waals surface area contributed by atoms with Crippen LogP contribution in [0.5, 0.6) is 5.75 Å². The molecule has 0 fully saturated rings. The van der Waals surface area contributed by atoms with Gasteiger partial charge < -0.3 is 9.84 Å². The standard InChI is InChI=1S/C20H15N3O3/c1-26-15-9-5-8-14(10-15)16-11-18(20(24)25)23-19(21-16)12-17(22-23)13-6-3-2-4-7-13/h2-12H,1H3,(H,24,25). The number of carbonyl (C=O) groups is 1. The Kier molecular flexibility index (Phi) is 3.85. The molecule has 0 amide bonds. The fraction of sp³-hybridized carbons (Fsp3) is 0.0500. The number of aromatic nitrogens is 3. The predicted molar refractivity (Wildman–Crippen MR) is 97.4 cm³/mol. The van der Waals surface area contributed by atoms with Crippen molar-refractivity contribution < 1.29 is 14.6 Å². The Morgan fingerprint density at radius 1 is 0.962 bits per heavy atom. The average Bonchev–Trinajstić information content (AvgIpc) is 3.12. The summed E-state index contributed by atoms with van der Waals surface area (Å²) in [6, 6.07) is 20.2. The fourth-order valence-corrected chi connectivity index (χ4v) is 2.81. The molecule has 0 aliphatic heterocycles. The van der Waals surface area contributed by atoms with Crippen molar-refractivity contribution >= 4 is 11.6 Å². The molecule has 0 aliphatic carbocycles. The highest BCUT2D eigenvalue weighted by molar-refractivity contribution is 5.88. The molecule has 0 radical (unpaired) electrons. The molecular formula is C20H15N3O3. The number of aromatic carboxylic acids is 1. The van der Waals surface area contributed by atoms with Crippen LogP contribution >= 0.6 is 0 Å². The number of carboxylic acids is 1. The Morgan fingerprint density at radius 2 is 1.73 bits per heavy atom. The van der Waals surface area contributed by atoms with E-state index < -0.39 is 5.97 Å². The molecule has 26 heavy (non-hydrogen) atoms. The molecule has 2 aromatic heterocycles. The Labute approximate surface area is 149 Å². The summed E-state index contributed by atoms with van der Waals surface area (Å²) in [7, 11) is 1.58. The summed E-state index contributed by atoms with van der Waals surface area (Å²) in [5.41, 5.74) is 3.42. The average molecular weight is 345 g/mol. The highest BCUT2D eigenvalue weighted by Gasteiger charge is 2.16. The first-order valence-corrected chi connectivity index (χ1v) is 7.99. The van der Waals surface area contributed by atoms with Gasteiger partial charge in [-0.2, -0.15) is 5.10 Å². The Morgan fingerprint density at radius 3 is 2.46 bits per heavy atom. The van der Waals surface area contributed by atoms with Gasteiger partial charge in [0.15, 0.2) is 11.3 Å². The second-order valence-electron chi connectivity index (χ2n) is 5.73. The first-order valence-electron chi connectivity index (χ1n) is 7.99. The van der Waals surface area contributed by atoms with Crippen LogP contribution in [0.3, 0.4) is 0 Å². The zero-order chi connectivity index (χ0) is 18.1.